The quantitative estimate of drug-likeness (QED) is 0.177. The van der Waals surface area contributed by atoms with Gasteiger partial charge in [0.1, 0.15) is 6.29 Å². The Kier molecular flexibility index (Phi) is 8.64. The molecule has 0 aliphatic heterocycles. The molecule has 0 unspecified atom stereocenters. The van der Waals surface area contributed by atoms with Gasteiger partial charge < -0.3 is 9.05 Å². The highest BCUT2D eigenvalue weighted by Gasteiger charge is 2.37. The molecule has 4 aromatic rings. The van der Waals surface area contributed by atoms with Crippen molar-refractivity contribution in [2.45, 2.75) is 18.7 Å². The predicted molar refractivity (Wildman–Crippen MR) is 151 cm³/mol. The van der Waals surface area contributed by atoms with Crippen LogP contribution in [0.3, 0.4) is 0 Å². The fourth-order valence-corrected chi connectivity index (χ4v) is 8.53. The fourth-order valence-electron chi connectivity index (χ4n) is 4.12. The van der Waals surface area contributed by atoms with Crippen LogP contribution in [0.5, 0.6) is 0 Å². The van der Waals surface area contributed by atoms with E-state index < -0.39 is 23.9 Å². The normalized spacial score (nSPS) is 12.1. The molecule has 0 saturated carbocycles. The molecule has 0 amide bonds. The minimum absolute atomic E-state index is 0.0786. The summed E-state index contributed by atoms with van der Waals surface area (Å²) in [5.74, 6) is 0. The first-order chi connectivity index (χ1) is 17.7. The molecule has 4 rings (SSSR count). The zero-order chi connectivity index (χ0) is 26.6. The first-order valence-corrected chi connectivity index (χ1v) is 15.5. The standard InChI is InChI=1S/C27H26Cl2NO5PS/c1-3-34-36(31,35-4-2)19-30(37(32,33)24-17-22(28)16-23(29)18-24)27-25-13-9-8-12-21(25)14-15-26(27)20-10-6-5-7-11-20/h5-18H,3-4,19H2,1-2H3. The third-order valence-electron chi connectivity index (χ3n) is 5.61. The Hall–Kier alpha value is -2.38. The minimum atomic E-state index is -4.36. The lowest BCUT2D eigenvalue weighted by atomic mass is 9.98. The number of fused-ring (bicyclic) bond motifs is 1. The molecule has 0 atom stereocenters. The van der Waals surface area contributed by atoms with Gasteiger partial charge in [0.2, 0.25) is 0 Å². The van der Waals surface area contributed by atoms with Gasteiger partial charge in [-0.2, -0.15) is 0 Å². The highest BCUT2D eigenvalue weighted by atomic mass is 35.5. The van der Waals surface area contributed by atoms with E-state index in [1.165, 1.54) is 18.2 Å². The topological polar surface area (TPSA) is 72.9 Å². The number of nitrogens with zero attached hydrogens (tertiary/aromatic N) is 1. The monoisotopic (exact) mass is 577 g/mol. The summed E-state index contributed by atoms with van der Waals surface area (Å²) in [6, 6.07) is 24.7. The average molecular weight is 578 g/mol. The van der Waals surface area contributed by atoms with Crippen molar-refractivity contribution in [3.63, 3.8) is 0 Å². The van der Waals surface area contributed by atoms with Crippen LogP contribution in [0.4, 0.5) is 5.69 Å². The molecule has 0 aliphatic carbocycles. The van der Waals surface area contributed by atoms with Crippen LogP contribution in [0.1, 0.15) is 13.8 Å². The van der Waals surface area contributed by atoms with E-state index >= 15 is 0 Å². The first-order valence-electron chi connectivity index (χ1n) is 11.6. The average Bonchev–Trinajstić information content (AvgIpc) is 2.87. The van der Waals surface area contributed by atoms with Crippen molar-refractivity contribution in [2.75, 3.05) is 23.8 Å². The largest absolute Gasteiger partial charge is 0.350 e. The number of anilines is 1. The van der Waals surface area contributed by atoms with E-state index in [9.17, 15) is 13.0 Å². The second-order valence-electron chi connectivity index (χ2n) is 8.10. The van der Waals surface area contributed by atoms with Crippen molar-refractivity contribution in [1.82, 2.24) is 0 Å². The smallest absolute Gasteiger partial charge is 0.308 e. The summed E-state index contributed by atoms with van der Waals surface area (Å²) in [4.78, 5) is -0.142. The third-order valence-corrected chi connectivity index (χ3v) is 9.90. The predicted octanol–water partition coefficient (Wildman–Crippen LogP) is 8.23. The highest BCUT2D eigenvalue weighted by Crippen LogP contribution is 2.52. The Morgan fingerprint density at radius 2 is 1.41 bits per heavy atom. The van der Waals surface area contributed by atoms with E-state index in [-0.39, 0.29) is 28.2 Å². The Labute approximate surface area is 227 Å². The zero-order valence-corrected chi connectivity index (χ0v) is 23.5. The van der Waals surface area contributed by atoms with Gasteiger partial charge in [-0.3, -0.25) is 8.87 Å². The number of halogens is 2. The van der Waals surface area contributed by atoms with E-state index in [1.807, 2.05) is 66.7 Å². The molecule has 10 heteroatoms. The van der Waals surface area contributed by atoms with Crippen LogP contribution < -0.4 is 4.31 Å². The van der Waals surface area contributed by atoms with Gasteiger partial charge in [-0.25, -0.2) is 8.42 Å². The molecule has 194 valence electrons. The fraction of sp³-hybridized carbons (Fsp3) is 0.185. The first kappa shape index (κ1) is 27.6. The Morgan fingerprint density at radius 1 is 0.811 bits per heavy atom. The molecule has 0 spiro atoms. The molecule has 0 N–H and O–H groups in total. The van der Waals surface area contributed by atoms with Crippen LogP contribution in [0.15, 0.2) is 89.8 Å². The van der Waals surface area contributed by atoms with Gasteiger partial charge in [0.25, 0.3) is 10.0 Å². The third kappa shape index (κ3) is 6.04. The molecule has 0 saturated heterocycles. The molecule has 0 fully saturated rings. The van der Waals surface area contributed by atoms with Crippen LogP contribution in [0.25, 0.3) is 21.9 Å². The van der Waals surface area contributed by atoms with Gasteiger partial charge in [-0.1, -0.05) is 89.9 Å². The highest BCUT2D eigenvalue weighted by molar-refractivity contribution is 7.93. The van der Waals surface area contributed by atoms with Crippen molar-refractivity contribution in [3.05, 3.63) is 95.0 Å². The maximum atomic E-state index is 14.3. The summed E-state index contributed by atoms with van der Waals surface area (Å²) in [6.07, 6.45) is -0.547. The van der Waals surface area contributed by atoms with Gasteiger partial charge in [0, 0.05) is 21.0 Å². The van der Waals surface area contributed by atoms with E-state index in [1.54, 1.807) is 13.8 Å². The van der Waals surface area contributed by atoms with Gasteiger partial charge in [0.05, 0.1) is 23.8 Å². The lowest BCUT2D eigenvalue weighted by molar-refractivity contribution is 0.221. The molecule has 0 radical (unpaired) electrons. The molecule has 0 heterocycles. The van der Waals surface area contributed by atoms with Gasteiger partial charge in [0.15, 0.2) is 0 Å². The van der Waals surface area contributed by atoms with Gasteiger partial charge >= 0.3 is 7.60 Å². The maximum absolute atomic E-state index is 14.3. The Bertz CT molecular complexity index is 1530. The van der Waals surface area contributed by atoms with Crippen LogP contribution >= 0.6 is 30.8 Å². The number of benzene rings is 4. The molecule has 4 aromatic carbocycles. The number of rotatable bonds is 10. The number of hydrogen-bond acceptors (Lipinski definition) is 5. The van der Waals surface area contributed by atoms with Crippen LogP contribution in [-0.4, -0.2) is 27.9 Å². The van der Waals surface area contributed by atoms with Crippen molar-refractivity contribution in [1.29, 1.82) is 0 Å². The minimum Gasteiger partial charge on any atom is -0.308 e. The van der Waals surface area contributed by atoms with E-state index in [0.29, 0.717) is 16.6 Å². The molecule has 6 nitrogen and oxygen atoms in total. The summed E-state index contributed by atoms with van der Waals surface area (Å²) in [5.41, 5.74) is 1.77. The van der Waals surface area contributed by atoms with Crippen LogP contribution in [-0.2, 0) is 23.6 Å². The maximum Gasteiger partial charge on any atom is 0.350 e. The van der Waals surface area contributed by atoms with Crippen molar-refractivity contribution in [2.24, 2.45) is 0 Å². The summed E-state index contributed by atoms with van der Waals surface area (Å²) in [5, 5.41) is 1.78. The summed E-state index contributed by atoms with van der Waals surface area (Å²) < 4.78 is 54.6. The summed E-state index contributed by atoms with van der Waals surface area (Å²) in [7, 11) is -8.25. The molecule has 37 heavy (non-hydrogen) atoms. The second-order valence-corrected chi connectivity index (χ2v) is 12.9. The van der Waals surface area contributed by atoms with Crippen molar-refractivity contribution >= 4 is 57.3 Å². The van der Waals surface area contributed by atoms with E-state index in [0.717, 1.165) is 15.3 Å². The Balaban J connectivity index is 2.07. The lowest BCUT2D eigenvalue weighted by Crippen LogP contribution is -2.33. The molecule has 0 bridgehead atoms. The van der Waals surface area contributed by atoms with Crippen molar-refractivity contribution < 1.29 is 22.0 Å². The lowest BCUT2D eigenvalue weighted by Gasteiger charge is -2.31. The number of hydrogen-bond donors (Lipinski definition) is 0. The van der Waals surface area contributed by atoms with Crippen LogP contribution in [0.2, 0.25) is 10.0 Å². The van der Waals surface area contributed by atoms with E-state index in [4.69, 9.17) is 32.2 Å². The van der Waals surface area contributed by atoms with Gasteiger partial charge in [-0.15, -0.1) is 0 Å². The van der Waals surface area contributed by atoms with Crippen molar-refractivity contribution in [3.8, 4) is 11.1 Å². The SMILES string of the molecule is CCOP(=O)(CN(c1c(-c2ccccc2)ccc2ccccc12)S(=O)(=O)c1cc(Cl)cc(Cl)c1)OCC. The number of sulfonamides is 1. The van der Waals surface area contributed by atoms with Gasteiger partial charge in [-0.05, 0) is 43.0 Å². The molecular weight excluding hydrogens is 552 g/mol. The zero-order valence-electron chi connectivity index (χ0n) is 20.3. The molecule has 0 aliphatic rings. The molecular formula is C27H26Cl2NO5PS. The second kappa shape index (κ2) is 11.6. The summed E-state index contributed by atoms with van der Waals surface area (Å²) in [6.45, 7) is 3.51. The Morgan fingerprint density at radius 3 is 2.03 bits per heavy atom. The van der Waals surface area contributed by atoms with E-state index in [2.05, 4.69) is 0 Å². The molecule has 0 aromatic heterocycles. The van der Waals surface area contributed by atoms with Crippen LogP contribution in [0, 0.1) is 0 Å². The summed E-state index contributed by atoms with van der Waals surface area (Å²) >= 11 is 12.4.